The molecule has 1 aliphatic rings. The van der Waals surface area contributed by atoms with E-state index in [1.165, 1.54) is 24.5 Å². The maximum absolute atomic E-state index is 13.7. The van der Waals surface area contributed by atoms with Crippen molar-refractivity contribution >= 4 is 17.8 Å². The van der Waals surface area contributed by atoms with Gasteiger partial charge in [0.25, 0.3) is 5.91 Å². The van der Waals surface area contributed by atoms with E-state index in [4.69, 9.17) is 4.74 Å². The second-order valence-electron chi connectivity index (χ2n) is 10.7. The Kier molecular flexibility index (Phi) is 7.57. The van der Waals surface area contributed by atoms with Crippen LogP contribution in [0.25, 0.3) is 0 Å². The number of benzene rings is 2. The number of carbonyl (C=O) groups is 3. The molecule has 1 aromatic heterocycles. The lowest BCUT2D eigenvalue weighted by Gasteiger charge is -2.35. The Bertz CT molecular complexity index is 1340. The number of carboxylic acid groups (broad SMARTS) is 1. The van der Waals surface area contributed by atoms with Crippen molar-refractivity contribution in [3.8, 4) is 5.75 Å². The van der Waals surface area contributed by atoms with E-state index in [1.807, 2.05) is 4.57 Å². The third-order valence-corrected chi connectivity index (χ3v) is 6.90. The normalized spacial score (nSPS) is 15.9. The summed E-state index contributed by atoms with van der Waals surface area (Å²) < 4.78 is 7.28. The number of hydrogen-bond donors (Lipinski definition) is 2. The van der Waals surface area contributed by atoms with Crippen LogP contribution in [-0.4, -0.2) is 56.5 Å². The summed E-state index contributed by atoms with van der Waals surface area (Å²) in [5.74, 6) is -1.51. The summed E-state index contributed by atoms with van der Waals surface area (Å²) in [6, 6.07) is 13.2. The number of rotatable bonds is 7. The number of aromatic nitrogens is 2. The van der Waals surface area contributed by atoms with Crippen LogP contribution in [0.5, 0.6) is 5.75 Å². The number of fused-ring (bicyclic) bond motifs is 1. The molecule has 2 atom stereocenters. The molecule has 2 unspecified atom stereocenters. The molecular weight excluding hydrogens is 484 g/mol. The smallest absolute Gasteiger partial charge is 0.325 e. The summed E-state index contributed by atoms with van der Waals surface area (Å²) in [6.45, 7) is 8.64. The Morgan fingerprint density at radius 2 is 1.87 bits per heavy atom. The summed E-state index contributed by atoms with van der Waals surface area (Å²) in [5.41, 5.74) is 4.33. The van der Waals surface area contributed by atoms with E-state index >= 15 is 0 Å². The van der Waals surface area contributed by atoms with Crippen molar-refractivity contribution < 1.29 is 24.2 Å². The molecule has 0 radical (unpaired) electrons. The molecule has 0 aliphatic carbocycles. The van der Waals surface area contributed by atoms with Crippen LogP contribution in [0.2, 0.25) is 0 Å². The van der Waals surface area contributed by atoms with Crippen LogP contribution in [0.3, 0.4) is 0 Å². The van der Waals surface area contributed by atoms with Crippen molar-refractivity contribution in [1.29, 1.82) is 0 Å². The molecule has 9 nitrogen and oxygen atoms in total. The first kappa shape index (κ1) is 26.9. The van der Waals surface area contributed by atoms with Crippen molar-refractivity contribution in [2.24, 2.45) is 0 Å². The highest BCUT2D eigenvalue weighted by atomic mass is 16.5. The fraction of sp³-hybridized carbons (Fsp3) is 0.379. The monoisotopic (exact) mass is 518 g/mol. The Morgan fingerprint density at radius 3 is 2.50 bits per heavy atom. The van der Waals surface area contributed by atoms with E-state index in [-0.39, 0.29) is 24.3 Å². The van der Waals surface area contributed by atoms with Crippen LogP contribution >= 0.6 is 0 Å². The summed E-state index contributed by atoms with van der Waals surface area (Å²) in [6.07, 6.45) is 1.91. The minimum Gasteiger partial charge on any atom is -0.497 e. The maximum Gasteiger partial charge on any atom is 0.325 e. The van der Waals surface area contributed by atoms with Gasteiger partial charge in [-0.15, -0.1) is 0 Å². The lowest BCUT2D eigenvalue weighted by molar-refractivity contribution is -0.142. The van der Waals surface area contributed by atoms with Crippen LogP contribution in [0.15, 0.2) is 54.9 Å². The molecule has 2 amide bonds. The molecule has 0 saturated carbocycles. The van der Waals surface area contributed by atoms with Gasteiger partial charge in [-0.05, 0) is 41.7 Å². The molecular formula is C29H34N4O5. The fourth-order valence-electron chi connectivity index (χ4n) is 4.55. The Hall–Kier alpha value is -4.14. The molecule has 38 heavy (non-hydrogen) atoms. The lowest BCUT2D eigenvalue weighted by atomic mass is 9.87. The van der Waals surface area contributed by atoms with Crippen molar-refractivity contribution in [2.45, 2.75) is 64.7 Å². The van der Waals surface area contributed by atoms with Crippen molar-refractivity contribution in [2.75, 3.05) is 7.11 Å². The van der Waals surface area contributed by atoms with Crippen molar-refractivity contribution in [3.63, 3.8) is 0 Å². The number of carbonyl (C=O) groups excluding carboxylic acids is 2. The number of ether oxygens (including phenoxy) is 1. The summed E-state index contributed by atoms with van der Waals surface area (Å²) in [5, 5.41) is 11.8. The molecule has 0 fully saturated rings. The predicted molar refractivity (Wildman–Crippen MR) is 142 cm³/mol. The third kappa shape index (κ3) is 5.72. The van der Waals surface area contributed by atoms with E-state index in [1.54, 1.807) is 30.6 Å². The molecule has 3 aromatic rings. The third-order valence-electron chi connectivity index (χ3n) is 6.90. The minimum atomic E-state index is -1.15. The number of amides is 2. The molecule has 9 heteroatoms. The van der Waals surface area contributed by atoms with E-state index in [9.17, 15) is 19.5 Å². The van der Waals surface area contributed by atoms with Crippen molar-refractivity contribution in [3.05, 3.63) is 82.9 Å². The molecule has 1 aliphatic heterocycles. The summed E-state index contributed by atoms with van der Waals surface area (Å²) in [4.78, 5) is 44.3. The van der Waals surface area contributed by atoms with Gasteiger partial charge in [-0.1, -0.05) is 51.1 Å². The van der Waals surface area contributed by atoms with Gasteiger partial charge >= 0.3 is 5.97 Å². The van der Waals surface area contributed by atoms with Gasteiger partial charge in [0.15, 0.2) is 0 Å². The van der Waals surface area contributed by atoms with Gasteiger partial charge in [0, 0.05) is 18.5 Å². The van der Waals surface area contributed by atoms with Gasteiger partial charge in [-0.25, -0.2) is 4.98 Å². The van der Waals surface area contributed by atoms with E-state index in [0.29, 0.717) is 23.6 Å². The van der Waals surface area contributed by atoms with E-state index < -0.39 is 24.0 Å². The van der Waals surface area contributed by atoms with Crippen LogP contribution in [0.4, 0.5) is 0 Å². The fourth-order valence-corrected chi connectivity index (χ4v) is 4.55. The molecule has 4 rings (SSSR count). The van der Waals surface area contributed by atoms with Gasteiger partial charge in [0.2, 0.25) is 5.91 Å². The highest BCUT2D eigenvalue weighted by Gasteiger charge is 2.38. The topological polar surface area (TPSA) is 114 Å². The largest absolute Gasteiger partial charge is 0.497 e. The second kappa shape index (κ2) is 10.7. The van der Waals surface area contributed by atoms with Crippen LogP contribution in [0, 0.1) is 0 Å². The number of imidazole rings is 1. The Labute approximate surface area is 222 Å². The van der Waals surface area contributed by atoms with Gasteiger partial charge < -0.3 is 24.6 Å². The zero-order chi connectivity index (χ0) is 27.6. The van der Waals surface area contributed by atoms with Gasteiger partial charge in [0.1, 0.15) is 17.8 Å². The average Bonchev–Trinajstić information content (AvgIpc) is 3.28. The predicted octanol–water partition coefficient (Wildman–Crippen LogP) is 3.39. The lowest BCUT2D eigenvalue weighted by Crippen LogP contribution is -2.55. The number of nitrogens with zero attached hydrogens (tertiary/aromatic N) is 3. The second-order valence-corrected chi connectivity index (χ2v) is 10.7. The summed E-state index contributed by atoms with van der Waals surface area (Å²) >= 11 is 0. The summed E-state index contributed by atoms with van der Waals surface area (Å²) in [7, 11) is 1.52. The number of carboxylic acids is 1. The highest BCUT2D eigenvalue weighted by molar-refractivity contribution is 5.98. The number of nitrogens with one attached hydrogen (secondary N) is 1. The Morgan fingerprint density at radius 1 is 1.16 bits per heavy atom. The van der Waals surface area contributed by atoms with E-state index in [0.717, 1.165) is 11.3 Å². The van der Waals surface area contributed by atoms with Crippen LogP contribution < -0.4 is 10.1 Å². The van der Waals surface area contributed by atoms with Gasteiger partial charge in [0.05, 0.1) is 31.4 Å². The van der Waals surface area contributed by atoms with Gasteiger partial charge in [-0.3, -0.25) is 14.4 Å². The number of methoxy groups -OCH3 is 1. The zero-order valence-corrected chi connectivity index (χ0v) is 22.4. The van der Waals surface area contributed by atoms with Gasteiger partial charge in [-0.2, -0.15) is 0 Å². The molecule has 200 valence electrons. The SMILES string of the molecule is COc1cccc(C(=O)N2Cc3c(ncn3Cc3ccc(C(C)(C)C)cc3)CC2C(=O)NC(C)C(=O)O)c1. The quantitative estimate of drug-likeness (QED) is 0.496. The first-order chi connectivity index (χ1) is 18.0. The minimum absolute atomic E-state index is 0.0569. The standard InChI is InChI=1S/C29H34N4O5/c1-18(28(36)37)31-26(34)24-14-23-25(16-33(24)27(35)20-7-6-8-22(13-20)38-5)32(17-30-23)15-19-9-11-21(12-10-19)29(2,3)4/h6-13,17-18,24H,14-16H2,1-5H3,(H,31,34)(H,36,37). The molecule has 2 heterocycles. The van der Waals surface area contributed by atoms with Crippen LogP contribution in [0.1, 0.15) is 60.6 Å². The number of aliphatic carboxylic acids is 1. The maximum atomic E-state index is 13.7. The first-order valence-electron chi connectivity index (χ1n) is 12.6. The van der Waals surface area contributed by atoms with Crippen LogP contribution in [-0.2, 0) is 34.5 Å². The number of hydrogen-bond acceptors (Lipinski definition) is 5. The highest BCUT2D eigenvalue weighted by Crippen LogP contribution is 2.27. The molecule has 0 saturated heterocycles. The van der Waals surface area contributed by atoms with Crippen molar-refractivity contribution in [1.82, 2.24) is 19.8 Å². The molecule has 2 N–H and O–H groups in total. The zero-order valence-electron chi connectivity index (χ0n) is 22.4. The first-order valence-corrected chi connectivity index (χ1v) is 12.6. The molecule has 0 spiro atoms. The molecule has 0 bridgehead atoms. The average molecular weight is 519 g/mol. The Balaban J connectivity index is 1.65. The molecule has 2 aromatic carbocycles. The van der Waals surface area contributed by atoms with E-state index in [2.05, 4.69) is 55.3 Å².